The van der Waals surface area contributed by atoms with Crippen molar-refractivity contribution in [1.29, 1.82) is 5.26 Å². The average Bonchev–Trinajstić information content (AvgIpc) is 2.46. The second-order valence-corrected chi connectivity index (χ2v) is 3.45. The molecule has 0 amide bonds. The van der Waals surface area contributed by atoms with Crippen LogP contribution in [0.1, 0.15) is 5.56 Å². The summed E-state index contributed by atoms with van der Waals surface area (Å²) in [6.45, 7) is 0. The fourth-order valence-corrected chi connectivity index (χ4v) is 1.35. The van der Waals surface area contributed by atoms with Crippen molar-refractivity contribution in [3.8, 4) is 6.07 Å². The molecule has 2 aromatic rings. The van der Waals surface area contributed by atoms with Gasteiger partial charge in [-0.3, -0.25) is 0 Å². The lowest BCUT2D eigenvalue weighted by Gasteiger charge is -1.93. The van der Waals surface area contributed by atoms with Crippen LogP contribution in [0.25, 0.3) is 0 Å². The first-order chi connectivity index (χ1) is 8.90. The molecular formula is C14H10N4. The predicted molar refractivity (Wildman–Crippen MR) is 69.6 cm³/mol. The summed E-state index contributed by atoms with van der Waals surface area (Å²) in [5.74, 6) is 0. The summed E-state index contributed by atoms with van der Waals surface area (Å²) in [6, 6.07) is 20.4. The van der Waals surface area contributed by atoms with Crippen LogP contribution < -0.4 is 0 Å². The topological polar surface area (TPSA) is 60.9 Å². The lowest BCUT2D eigenvalue weighted by molar-refractivity contribution is 1.06. The molecule has 0 bridgehead atoms. The predicted octanol–water partition coefficient (Wildman–Crippen LogP) is 3.70. The van der Waals surface area contributed by atoms with Crippen LogP contribution in [-0.2, 0) is 0 Å². The Kier molecular flexibility index (Phi) is 3.93. The van der Waals surface area contributed by atoms with Crippen molar-refractivity contribution in [2.75, 3.05) is 0 Å². The minimum Gasteiger partial charge on any atom is -0.191 e. The Bertz CT molecular complexity index is 595. The van der Waals surface area contributed by atoms with Crippen molar-refractivity contribution in [3.05, 3.63) is 66.2 Å². The number of nitrogens with zero attached hydrogens (tertiary/aromatic N) is 4. The zero-order valence-corrected chi connectivity index (χ0v) is 9.56. The molecular weight excluding hydrogens is 224 g/mol. The third kappa shape index (κ3) is 3.09. The lowest BCUT2D eigenvalue weighted by atomic mass is 10.1. The largest absolute Gasteiger partial charge is 0.191 e. The zero-order chi connectivity index (χ0) is 12.6. The quantitative estimate of drug-likeness (QED) is 0.453. The van der Waals surface area contributed by atoms with E-state index in [1.807, 2.05) is 54.6 Å². The maximum absolute atomic E-state index is 8.99. The van der Waals surface area contributed by atoms with Gasteiger partial charge in [-0.1, -0.05) is 48.5 Å². The molecule has 0 N–H and O–H groups in total. The van der Waals surface area contributed by atoms with Gasteiger partial charge in [-0.25, -0.2) is 0 Å². The van der Waals surface area contributed by atoms with Gasteiger partial charge in [0.2, 0.25) is 0 Å². The minimum atomic E-state index is 0.246. The van der Waals surface area contributed by atoms with Crippen molar-refractivity contribution in [3.63, 3.8) is 0 Å². The van der Waals surface area contributed by atoms with Crippen LogP contribution in [0.2, 0.25) is 0 Å². The Morgan fingerprint density at radius 1 is 0.889 bits per heavy atom. The van der Waals surface area contributed by atoms with Crippen LogP contribution in [0.15, 0.2) is 76.1 Å². The van der Waals surface area contributed by atoms with E-state index >= 15 is 0 Å². The van der Waals surface area contributed by atoms with Gasteiger partial charge >= 0.3 is 0 Å². The van der Waals surface area contributed by atoms with Gasteiger partial charge in [-0.2, -0.15) is 5.26 Å². The Balaban J connectivity index is 2.18. The first-order valence-electron chi connectivity index (χ1n) is 5.39. The fourth-order valence-electron chi connectivity index (χ4n) is 1.35. The van der Waals surface area contributed by atoms with E-state index in [2.05, 4.69) is 15.4 Å². The molecule has 0 aromatic heterocycles. The molecule has 18 heavy (non-hydrogen) atoms. The van der Waals surface area contributed by atoms with Gasteiger partial charge < -0.3 is 0 Å². The molecule has 0 spiro atoms. The fraction of sp³-hybridized carbons (Fsp3) is 0. The van der Waals surface area contributed by atoms with E-state index in [1.165, 1.54) is 0 Å². The van der Waals surface area contributed by atoms with Crippen molar-refractivity contribution < 1.29 is 0 Å². The number of nitriles is 1. The molecule has 2 aromatic carbocycles. The van der Waals surface area contributed by atoms with Crippen molar-refractivity contribution in [2.24, 2.45) is 15.4 Å². The van der Waals surface area contributed by atoms with E-state index in [0.717, 1.165) is 5.56 Å². The smallest absolute Gasteiger partial charge is 0.172 e. The van der Waals surface area contributed by atoms with Gasteiger partial charge in [0, 0.05) is 5.56 Å². The first-order valence-corrected chi connectivity index (χ1v) is 5.39. The van der Waals surface area contributed by atoms with Gasteiger partial charge in [0.1, 0.15) is 6.07 Å². The van der Waals surface area contributed by atoms with E-state index in [4.69, 9.17) is 5.26 Å². The van der Waals surface area contributed by atoms with Gasteiger partial charge in [-0.15, -0.1) is 10.2 Å². The molecule has 4 heteroatoms. The molecule has 0 aliphatic rings. The molecule has 0 fully saturated rings. The van der Waals surface area contributed by atoms with Gasteiger partial charge in [0.25, 0.3) is 0 Å². The van der Waals surface area contributed by atoms with Gasteiger partial charge in [0.05, 0.1) is 5.69 Å². The minimum absolute atomic E-state index is 0.246. The van der Waals surface area contributed by atoms with Crippen molar-refractivity contribution >= 4 is 11.4 Å². The van der Waals surface area contributed by atoms with Crippen LogP contribution >= 0.6 is 0 Å². The second kappa shape index (κ2) is 6.06. The highest BCUT2D eigenvalue weighted by Crippen LogP contribution is 2.10. The molecule has 0 aliphatic carbocycles. The Morgan fingerprint density at radius 3 is 2.11 bits per heavy atom. The highest BCUT2D eigenvalue weighted by atomic mass is 15.4. The van der Waals surface area contributed by atoms with E-state index in [1.54, 1.807) is 12.1 Å². The van der Waals surface area contributed by atoms with Crippen molar-refractivity contribution in [2.45, 2.75) is 0 Å². The monoisotopic (exact) mass is 234 g/mol. The van der Waals surface area contributed by atoms with Gasteiger partial charge in [0.15, 0.2) is 5.71 Å². The summed E-state index contributed by atoms with van der Waals surface area (Å²) < 4.78 is 0. The summed E-state index contributed by atoms with van der Waals surface area (Å²) in [5.41, 5.74) is 1.67. The van der Waals surface area contributed by atoms with Crippen LogP contribution in [0, 0.1) is 11.3 Å². The van der Waals surface area contributed by atoms with Crippen molar-refractivity contribution in [1.82, 2.24) is 0 Å². The standard InChI is InChI=1S/C14H10N4/c15-11-14(12-7-3-1-4-8-12)17-18-16-13-9-5-2-6-10-13/h1-10H/b17-14-,18-16+. The number of hydrogen-bond donors (Lipinski definition) is 0. The maximum atomic E-state index is 8.99. The summed E-state index contributed by atoms with van der Waals surface area (Å²) in [4.78, 5) is 0. The van der Waals surface area contributed by atoms with Crippen LogP contribution in [-0.4, -0.2) is 5.71 Å². The number of benzene rings is 2. The van der Waals surface area contributed by atoms with Crippen LogP contribution in [0.4, 0.5) is 5.69 Å². The molecule has 0 heterocycles. The van der Waals surface area contributed by atoms with E-state index < -0.39 is 0 Å². The molecule has 0 atom stereocenters. The normalized spacial score (nSPS) is 11.4. The van der Waals surface area contributed by atoms with E-state index in [-0.39, 0.29) is 5.71 Å². The molecule has 0 saturated heterocycles. The Labute approximate surface area is 105 Å². The average molecular weight is 234 g/mol. The third-order valence-corrected chi connectivity index (χ3v) is 2.21. The first kappa shape index (κ1) is 11.7. The third-order valence-electron chi connectivity index (χ3n) is 2.21. The SMILES string of the molecule is N#C/C(=N/N=N/c1ccccc1)c1ccccc1. The molecule has 2 rings (SSSR count). The Hall–Kier alpha value is -2.80. The summed E-state index contributed by atoms with van der Waals surface area (Å²) in [5, 5.41) is 20.4. The van der Waals surface area contributed by atoms with E-state index in [0.29, 0.717) is 5.69 Å². The molecule has 4 nitrogen and oxygen atoms in total. The summed E-state index contributed by atoms with van der Waals surface area (Å²) in [6.07, 6.45) is 0. The van der Waals surface area contributed by atoms with E-state index in [9.17, 15) is 0 Å². The molecule has 0 aliphatic heterocycles. The highest BCUT2D eigenvalue weighted by molar-refractivity contribution is 6.11. The summed E-state index contributed by atoms with van der Waals surface area (Å²) in [7, 11) is 0. The van der Waals surface area contributed by atoms with Crippen LogP contribution in [0.5, 0.6) is 0 Å². The summed E-state index contributed by atoms with van der Waals surface area (Å²) >= 11 is 0. The maximum Gasteiger partial charge on any atom is 0.172 e. The Morgan fingerprint density at radius 2 is 1.50 bits per heavy atom. The van der Waals surface area contributed by atoms with Gasteiger partial charge in [-0.05, 0) is 17.4 Å². The lowest BCUT2D eigenvalue weighted by Crippen LogP contribution is -1.94. The zero-order valence-electron chi connectivity index (χ0n) is 9.56. The molecule has 0 saturated carbocycles. The molecule has 0 radical (unpaired) electrons. The second-order valence-electron chi connectivity index (χ2n) is 3.45. The van der Waals surface area contributed by atoms with Crippen LogP contribution in [0.3, 0.4) is 0 Å². The highest BCUT2D eigenvalue weighted by Gasteiger charge is 1.99. The molecule has 86 valence electrons. The number of hydrogen-bond acceptors (Lipinski definition) is 3. The molecule has 0 unspecified atom stereocenters. The number of rotatable bonds is 3.